The Morgan fingerprint density at radius 3 is 2.37 bits per heavy atom. The minimum absolute atomic E-state index is 0.220. The average Bonchev–Trinajstić information content (AvgIpc) is 2.76. The van der Waals surface area contributed by atoms with Crippen molar-refractivity contribution in [2.24, 2.45) is 0 Å². The van der Waals surface area contributed by atoms with E-state index in [2.05, 4.69) is 21.9 Å². The molecule has 186 valence electrons. The maximum absolute atomic E-state index is 12.6. The number of sulfonamides is 1. The van der Waals surface area contributed by atoms with Gasteiger partial charge in [0, 0.05) is 29.8 Å². The molecule has 8 nitrogen and oxygen atoms in total. The van der Waals surface area contributed by atoms with Crippen LogP contribution in [0.15, 0.2) is 30.3 Å². The zero-order valence-electron chi connectivity index (χ0n) is 20.9. The van der Waals surface area contributed by atoms with Crippen LogP contribution in [0.25, 0.3) is 0 Å². The SMILES string of the molecule is CCc1cc(NS(C)(=O)=O)ccc1C#Cc1cc(N2C(=O)CCNC2=O)cc(C(C)(C)C)c1OC. The van der Waals surface area contributed by atoms with Crippen LogP contribution in [0.1, 0.15) is 56.4 Å². The van der Waals surface area contributed by atoms with Crippen molar-refractivity contribution in [1.82, 2.24) is 5.32 Å². The van der Waals surface area contributed by atoms with Gasteiger partial charge in [-0.15, -0.1) is 0 Å². The summed E-state index contributed by atoms with van der Waals surface area (Å²) in [7, 11) is -1.82. The third kappa shape index (κ3) is 6.14. The summed E-state index contributed by atoms with van der Waals surface area (Å²) in [5.74, 6) is 6.62. The molecule has 35 heavy (non-hydrogen) atoms. The number of hydrogen-bond donors (Lipinski definition) is 2. The Labute approximate surface area is 207 Å². The first-order valence-electron chi connectivity index (χ1n) is 11.3. The van der Waals surface area contributed by atoms with Crippen LogP contribution in [0, 0.1) is 11.8 Å². The fraction of sp³-hybridized carbons (Fsp3) is 0.385. The van der Waals surface area contributed by atoms with Crippen molar-refractivity contribution in [2.75, 3.05) is 29.5 Å². The molecule has 9 heteroatoms. The van der Waals surface area contributed by atoms with Crippen LogP contribution in [0.4, 0.5) is 16.2 Å². The number of hydrogen-bond acceptors (Lipinski definition) is 5. The predicted octanol–water partition coefficient (Wildman–Crippen LogP) is 3.77. The number of rotatable bonds is 5. The number of ether oxygens (including phenoxy) is 1. The van der Waals surface area contributed by atoms with E-state index < -0.39 is 16.1 Å². The number of imide groups is 1. The Hall–Kier alpha value is -3.51. The first-order chi connectivity index (χ1) is 16.3. The zero-order valence-corrected chi connectivity index (χ0v) is 21.7. The van der Waals surface area contributed by atoms with Gasteiger partial charge in [-0.25, -0.2) is 18.1 Å². The van der Waals surface area contributed by atoms with Gasteiger partial charge in [0.1, 0.15) is 5.75 Å². The molecule has 1 aliphatic heterocycles. The third-order valence-electron chi connectivity index (χ3n) is 5.53. The number of carbonyl (C=O) groups is 2. The van der Waals surface area contributed by atoms with E-state index in [1.807, 2.05) is 27.7 Å². The zero-order chi connectivity index (χ0) is 26.0. The van der Waals surface area contributed by atoms with E-state index in [1.54, 1.807) is 37.4 Å². The first-order valence-corrected chi connectivity index (χ1v) is 13.2. The summed E-state index contributed by atoms with van der Waals surface area (Å²) in [6.45, 7) is 8.34. The van der Waals surface area contributed by atoms with Crippen LogP contribution in [0.3, 0.4) is 0 Å². The Morgan fingerprint density at radius 2 is 1.80 bits per heavy atom. The van der Waals surface area contributed by atoms with Gasteiger partial charge in [-0.1, -0.05) is 39.5 Å². The van der Waals surface area contributed by atoms with Gasteiger partial charge in [0.05, 0.1) is 24.6 Å². The molecule has 0 atom stereocenters. The molecule has 3 amide bonds. The van der Waals surface area contributed by atoms with Crippen LogP contribution in [0.2, 0.25) is 0 Å². The maximum atomic E-state index is 12.6. The number of methoxy groups -OCH3 is 1. The number of benzene rings is 2. The largest absolute Gasteiger partial charge is 0.495 e. The number of nitrogens with one attached hydrogen (secondary N) is 2. The van der Waals surface area contributed by atoms with Gasteiger partial charge < -0.3 is 10.1 Å². The minimum Gasteiger partial charge on any atom is -0.495 e. The molecule has 2 aromatic rings. The number of nitrogens with zero attached hydrogens (tertiary/aromatic N) is 1. The second kappa shape index (κ2) is 10.0. The molecule has 0 bridgehead atoms. The maximum Gasteiger partial charge on any atom is 0.328 e. The summed E-state index contributed by atoms with van der Waals surface area (Å²) in [4.78, 5) is 26.2. The van der Waals surface area contributed by atoms with Crippen LogP contribution >= 0.6 is 0 Å². The molecular formula is C26H31N3O5S. The van der Waals surface area contributed by atoms with E-state index in [0.717, 1.165) is 27.8 Å². The molecule has 1 aliphatic rings. The van der Waals surface area contributed by atoms with E-state index in [9.17, 15) is 18.0 Å². The normalized spacial score (nSPS) is 14.2. The minimum atomic E-state index is -3.39. The Bertz CT molecular complexity index is 1320. The molecule has 1 heterocycles. The number of urea groups is 1. The lowest BCUT2D eigenvalue weighted by Gasteiger charge is -2.29. The lowest BCUT2D eigenvalue weighted by molar-refractivity contribution is -0.118. The smallest absolute Gasteiger partial charge is 0.328 e. The molecule has 0 saturated carbocycles. The molecule has 2 aromatic carbocycles. The summed E-state index contributed by atoms with van der Waals surface area (Å²) >= 11 is 0. The van der Waals surface area contributed by atoms with E-state index in [4.69, 9.17) is 4.74 Å². The molecule has 1 saturated heterocycles. The predicted molar refractivity (Wildman–Crippen MR) is 137 cm³/mol. The highest BCUT2D eigenvalue weighted by Crippen LogP contribution is 2.38. The second-order valence-corrected chi connectivity index (χ2v) is 11.1. The van der Waals surface area contributed by atoms with E-state index in [-0.39, 0.29) is 17.7 Å². The number of carbonyl (C=O) groups excluding carboxylic acids is 2. The van der Waals surface area contributed by atoms with Gasteiger partial charge >= 0.3 is 6.03 Å². The molecule has 2 N–H and O–H groups in total. The molecular weight excluding hydrogens is 466 g/mol. The lowest BCUT2D eigenvalue weighted by atomic mass is 9.84. The topological polar surface area (TPSA) is 105 Å². The molecule has 0 aromatic heterocycles. The molecule has 0 unspecified atom stereocenters. The molecule has 1 fully saturated rings. The van der Waals surface area contributed by atoms with Gasteiger partial charge in [-0.05, 0) is 47.7 Å². The molecule has 0 aliphatic carbocycles. The van der Waals surface area contributed by atoms with Crippen molar-refractivity contribution >= 4 is 33.3 Å². The standard InChI is InChI=1S/C26H31N3O5S/c1-7-17-14-20(28-35(6,32)33)11-10-18(17)8-9-19-15-21(29-23(30)12-13-27-25(29)31)16-22(24(19)34-5)26(2,3)4/h10-11,14-16,28H,7,12-13H2,1-6H3,(H,27,31). The van der Waals surface area contributed by atoms with E-state index in [0.29, 0.717) is 35.7 Å². The monoisotopic (exact) mass is 497 g/mol. The highest BCUT2D eigenvalue weighted by molar-refractivity contribution is 7.92. The highest BCUT2D eigenvalue weighted by atomic mass is 32.2. The number of aryl methyl sites for hydroxylation is 1. The Kier molecular flexibility index (Phi) is 7.46. The molecule has 3 rings (SSSR count). The summed E-state index contributed by atoms with van der Waals surface area (Å²) in [5.41, 5.74) is 3.54. The van der Waals surface area contributed by atoms with Gasteiger partial charge in [0.15, 0.2) is 0 Å². The summed E-state index contributed by atoms with van der Waals surface area (Å²) in [5, 5.41) is 2.71. The van der Waals surface area contributed by atoms with Gasteiger partial charge in [-0.2, -0.15) is 0 Å². The summed E-state index contributed by atoms with van der Waals surface area (Å²) in [6, 6.07) is 8.21. The quantitative estimate of drug-likeness (QED) is 0.612. The Morgan fingerprint density at radius 1 is 1.11 bits per heavy atom. The summed E-state index contributed by atoms with van der Waals surface area (Å²) in [6.07, 6.45) is 1.97. The lowest BCUT2D eigenvalue weighted by Crippen LogP contribution is -2.50. The van der Waals surface area contributed by atoms with Gasteiger partial charge in [-0.3, -0.25) is 9.52 Å². The second-order valence-electron chi connectivity index (χ2n) is 9.38. The first kappa shape index (κ1) is 26.1. The average molecular weight is 498 g/mol. The van der Waals surface area contributed by atoms with Crippen LogP contribution in [-0.4, -0.2) is 40.3 Å². The fourth-order valence-corrected chi connectivity index (χ4v) is 4.43. The molecule has 0 radical (unpaired) electrons. The van der Waals surface area contributed by atoms with Crippen LogP contribution in [0.5, 0.6) is 5.75 Å². The Balaban J connectivity index is 2.15. The van der Waals surface area contributed by atoms with E-state index in [1.165, 1.54) is 0 Å². The summed E-state index contributed by atoms with van der Waals surface area (Å²) < 4.78 is 31.4. The van der Waals surface area contributed by atoms with Crippen LogP contribution in [-0.2, 0) is 26.7 Å². The van der Waals surface area contributed by atoms with Crippen molar-refractivity contribution in [3.05, 3.63) is 52.6 Å². The highest BCUT2D eigenvalue weighted by Gasteiger charge is 2.30. The van der Waals surface area contributed by atoms with Crippen molar-refractivity contribution in [3.8, 4) is 17.6 Å². The fourth-order valence-electron chi connectivity index (χ4n) is 3.87. The van der Waals surface area contributed by atoms with Crippen LogP contribution < -0.4 is 19.7 Å². The van der Waals surface area contributed by atoms with Crippen molar-refractivity contribution < 1.29 is 22.7 Å². The van der Waals surface area contributed by atoms with Crippen molar-refractivity contribution in [1.29, 1.82) is 0 Å². The van der Waals surface area contributed by atoms with E-state index >= 15 is 0 Å². The third-order valence-corrected chi connectivity index (χ3v) is 6.14. The van der Waals surface area contributed by atoms with Crippen molar-refractivity contribution in [3.63, 3.8) is 0 Å². The molecule has 0 spiro atoms. The van der Waals surface area contributed by atoms with Gasteiger partial charge in [0.25, 0.3) is 0 Å². The number of amides is 3. The number of anilines is 2. The van der Waals surface area contributed by atoms with Gasteiger partial charge in [0.2, 0.25) is 15.9 Å². The van der Waals surface area contributed by atoms with Crippen molar-refractivity contribution in [2.45, 2.75) is 46.0 Å².